The van der Waals surface area contributed by atoms with Crippen molar-refractivity contribution in [2.75, 3.05) is 13.6 Å². The van der Waals surface area contributed by atoms with Gasteiger partial charge in [0.1, 0.15) is 0 Å². The SMILES string of the molecule is CC1=NN(C)CC=C1. The Hall–Kier alpha value is -0.790. The van der Waals surface area contributed by atoms with E-state index in [-0.39, 0.29) is 0 Å². The van der Waals surface area contributed by atoms with Gasteiger partial charge in [0.25, 0.3) is 0 Å². The van der Waals surface area contributed by atoms with Crippen LogP contribution in [-0.2, 0) is 0 Å². The molecule has 0 saturated heterocycles. The Morgan fingerprint density at radius 1 is 1.75 bits per heavy atom. The first kappa shape index (κ1) is 5.35. The molecule has 1 aliphatic rings. The summed E-state index contributed by atoms with van der Waals surface area (Å²) in [7, 11) is 1.97. The van der Waals surface area contributed by atoms with Gasteiger partial charge in [-0.2, -0.15) is 5.10 Å². The molecule has 2 nitrogen and oxygen atoms in total. The van der Waals surface area contributed by atoms with Gasteiger partial charge in [-0.1, -0.05) is 6.08 Å². The van der Waals surface area contributed by atoms with Crippen LogP contribution in [0.5, 0.6) is 0 Å². The summed E-state index contributed by atoms with van der Waals surface area (Å²) >= 11 is 0. The van der Waals surface area contributed by atoms with E-state index in [1.807, 2.05) is 25.1 Å². The van der Waals surface area contributed by atoms with Crippen LogP contribution in [0.2, 0.25) is 0 Å². The van der Waals surface area contributed by atoms with Crippen LogP contribution in [0.3, 0.4) is 0 Å². The second-order valence-electron chi connectivity index (χ2n) is 1.98. The summed E-state index contributed by atoms with van der Waals surface area (Å²) < 4.78 is 0. The average molecular weight is 110 g/mol. The molecule has 0 bridgehead atoms. The quantitative estimate of drug-likeness (QED) is 0.451. The Bertz CT molecular complexity index is 135. The normalized spacial score (nSPS) is 18.8. The second kappa shape index (κ2) is 1.99. The van der Waals surface area contributed by atoms with Crippen LogP contribution in [0, 0.1) is 0 Å². The maximum atomic E-state index is 4.15. The summed E-state index contributed by atoms with van der Waals surface area (Å²) in [4.78, 5) is 0. The van der Waals surface area contributed by atoms with Gasteiger partial charge in [-0.15, -0.1) is 0 Å². The molecule has 0 unspecified atom stereocenters. The fraction of sp³-hybridized carbons (Fsp3) is 0.500. The highest BCUT2D eigenvalue weighted by atomic mass is 15.4. The molecule has 1 aliphatic heterocycles. The number of hydrogen-bond acceptors (Lipinski definition) is 2. The van der Waals surface area contributed by atoms with Gasteiger partial charge >= 0.3 is 0 Å². The number of hydrogen-bond donors (Lipinski definition) is 0. The number of nitrogens with zero attached hydrogens (tertiary/aromatic N) is 2. The molecule has 0 atom stereocenters. The predicted octanol–water partition coefficient (Wildman–Crippen LogP) is 0.864. The van der Waals surface area contributed by atoms with Crippen LogP contribution in [0.15, 0.2) is 17.3 Å². The van der Waals surface area contributed by atoms with Gasteiger partial charge in [0.05, 0.1) is 12.3 Å². The zero-order chi connectivity index (χ0) is 5.98. The Morgan fingerprint density at radius 2 is 2.50 bits per heavy atom. The summed E-state index contributed by atoms with van der Waals surface area (Å²) in [5.74, 6) is 0. The minimum Gasteiger partial charge on any atom is -0.296 e. The van der Waals surface area contributed by atoms with Crippen LogP contribution < -0.4 is 0 Å². The van der Waals surface area contributed by atoms with Gasteiger partial charge in [0.15, 0.2) is 0 Å². The lowest BCUT2D eigenvalue weighted by Gasteiger charge is -2.13. The summed E-state index contributed by atoms with van der Waals surface area (Å²) in [6.45, 7) is 2.93. The molecule has 0 saturated carbocycles. The van der Waals surface area contributed by atoms with Crippen molar-refractivity contribution in [3.63, 3.8) is 0 Å². The smallest absolute Gasteiger partial charge is 0.0572 e. The molecule has 0 spiro atoms. The standard InChI is InChI=1S/C6H10N2/c1-6-4-3-5-8(2)7-6/h3-4H,5H2,1-2H3. The molecule has 1 rings (SSSR count). The highest BCUT2D eigenvalue weighted by Gasteiger charge is 1.94. The lowest BCUT2D eigenvalue weighted by atomic mass is 10.3. The van der Waals surface area contributed by atoms with Crippen molar-refractivity contribution in [1.29, 1.82) is 0 Å². The lowest BCUT2D eigenvalue weighted by molar-refractivity contribution is 0.391. The summed E-state index contributed by atoms with van der Waals surface area (Å²) in [6.07, 6.45) is 4.13. The molecular formula is C6H10N2. The Labute approximate surface area is 49.5 Å². The summed E-state index contributed by atoms with van der Waals surface area (Å²) in [5, 5.41) is 6.06. The van der Waals surface area contributed by atoms with Crippen LogP contribution in [-0.4, -0.2) is 24.3 Å². The van der Waals surface area contributed by atoms with Gasteiger partial charge in [-0.25, -0.2) is 0 Å². The molecule has 0 fully saturated rings. The van der Waals surface area contributed by atoms with Crippen molar-refractivity contribution >= 4 is 5.71 Å². The molecule has 0 N–H and O–H groups in total. The molecule has 0 amide bonds. The van der Waals surface area contributed by atoms with E-state index in [1.54, 1.807) is 0 Å². The maximum absolute atomic E-state index is 4.15. The summed E-state index contributed by atoms with van der Waals surface area (Å²) in [5.41, 5.74) is 1.08. The first-order valence-corrected chi connectivity index (χ1v) is 2.72. The Morgan fingerprint density at radius 3 is 2.88 bits per heavy atom. The number of hydrazone groups is 1. The first-order chi connectivity index (χ1) is 3.79. The van der Waals surface area contributed by atoms with E-state index in [9.17, 15) is 0 Å². The van der Waals surface area contributed by atoms with Crippen molar-refractivity contribution in [2.24, 2.45) is 5.10 Å². The lowest BCUT2D eigenvalue weighted by Crippen LogP contribution is -2.15. The van der Waals surface area contributed by atoms with Crippen LogP contribution in [0.1, 0.15) is 6.92 Å². The van der Waals surface area contributed by atoms with Crippen molar-refractivity contribution in [2.45, 2.75) is 6.92 Å². The van der Waals surface area contributed by atoms with Gasteiger partial charge in [-0.05, 0) is 13.0 Å². The maximum Gasteiger partial charge on any atom is 0.0572 e. The van der Waals surface area contributed by atoms with E-state index in [4.69, 9.17) is 0 Å². The number of likely N-dealkylation sites (N-methyl/N-ethyl adjacent to an activating group) is 1. The minimum absolute atomic E-state index is 0.942. The largest absolute Gasteiger partial charge is 0.296 e. The van der Waals surface area contributed by atoms with E-state index in [2.05, 4.69) is 11.2 Å². The van der Waals surface area contributed by atoms with Gasteiger partial charge in [0, 0.05) is 7.05 Å². The van der Waals surface area contributed by atoms with Crippen LogP contribution in [0.4, 0.5) is 0 Å². The van der Waals surface area contributed by atoms with Crippen molar-refractivity contribution in [3.8, 4) is 0 Å². The van der Waals surface area contributed by atoms with E-state index in [0.29, 0.717) is 0 Å². The average Bonchev–Trinajstić information content (AvgIpc) is 1.64. The molecule has 1 heterocycles. The van der Waals surface area contributed by atoms with E-state index < -0.39 is 0 Å². The zero-order valence-corrected chi connectivity index (χ0v) is 5.26. The van der Waals surface area contributed by atoms with E-state index in [1.165, 1.54) is 0 Å². The highest BCUT2D eigenvalue weighted by Crippen LogP contribution is 1.94. The van der Waals surface area contributed by atoms with Gasteiger partial charge in [0.2, 0.25) is 0 Å². The minimum atomic E-state index is 0.942. The third-order valence-electron chi connectivity index (χ3n) is 1.06. The molecule has 2 heteroatoms. The zero-order valence-electron chi connectivity index (χ0n) is 5.26. The Kier molecular flexibility index (Phi) is 1.33. The van der Waals surface area contributed by atoms with Gasteiger partial charge in [-0.3, -0.25) is 5.01 Å². The van der Waals surface area contributed by atoms with Crippen molar-refractivity contribution < 1.29 is 0 Å². The summed E-state index contributed by atoms with van der Waals surface area (Å²) in [6, 6.07) is 0. The fourth-order valence-corrected chi connectivity index (χ4v) is 0.719. The number of rotatable bonds is 0. The third-order valence-corrected chi connectivity index (χ3v) is 1.06. The molecule has 0 aromatic carbocycles. The molecule has 0 aromatic rings. The molecule has 0 aromatic heterocycles. The molecule has 0 aliphatic carbocycles. The van der Waals surface area contributed by atoms with Gasteiger partial charge < -0.3 is 0 Å². The molecule has 0 radical (unpaired) electrons. The highest BCUT2D eigenvalue weighted by molar-refractivity contribution is 5.92. The van der Waals surface area contributed by atoms with Crippen LogP contribution >= 0.6 is 0 Å². The third kappa shape index (κ3) is 1.09. The van der Waals surface area contributed by atoms with E-state index in [0.717, 1.165) is 12.3 Å². The first-order valence-electron chi connectivity index (χ1n) is 2.72. The molecule has 8 heavy (non-hydrogen) atoms. The molecular weight excluding hydrogens is 100 g/mol. The number of allylic oxidation sites excluding steroid dienone is 1. The van der Waals surface area contributed by atoms with E-state index >= 15 is 0 Å². The fourth-order valence-electron chi connectivity index (χ4n) is 0.719. The van der Waals surface area contributed by atoms with Crippen molar-refractivity contribution in [3.05, 3.63) is 12.2 Å². The predicted molar refractivity (Wildman–Crippen MR) is 34.9 cm³/mol. The van der Waals surface area contributed by atoms with Crippen LogP contribution in [0.25, 0.3) is 0 Å². The topological polar surface area (TPSA) is 15.6 Å². The molecule has 44 valence electrons. The second-order valence-corrected chi connectivity index (χ2v) is 1.98. The monoisotopic (exact) mass is 110 g/mol. The Balaban J connectivity index is 2.63. The van der Waals surface area contributed by atoms with Crippen molar-refractivity contribution in [1.82, 2.24) is 5.01 Å².